The molecule has 0 saturated heterocycles. The first-order valence-electron chi connectivity index (χ1n) is 4.46. The number of hydrogen-bond donors (Lipinski definition) is 1. The van der Waals surface area contributed by atoms with Crippen molar-refractivity contribution in [2.24, 2.45) is 5.73 Å². The third-order valence-electron chi connectivity index (χ3n) is 1.73. The van der Waals surface area contributed by atoms with E-state index in [2.05, 4.69) is 0 Å². The lowest BCUT2D eigenvalue weighted by atomic mass is 10.2. The normalized spacial score (nSPS) is 14.4. The van der Waals surface area contributed by atoms with Crippen LogP contribution in [0.1, 0.15) is 19.8 Å². The molecule has 0 aromatic heterocycles. The minimum atomic E-state index is -3.02. The fourth-order valence-corrected chi connectivity index (χ4v) is 2.48. The largest absolute Gasteiger partial charge is 0.384 e. The maximum absolute atomic E-state index is 11.3. The monoisotopic (exact) mass is 209 g/mol. The average molecular weight is 209 g/mol. The van der Waals surface area contributed by atoms with Crippen molar-refractivity contribution in [3.8, 4) is 0 Å². The molecule has 0 rings (SSSR count). The first-order valence-corrected chi connectivity index (χ1v) is 6.29. The lowest BCUT2D eigenvalue weighted by Crippen LogP contribution is -2.31. The number of methoxy groups -OCH3 is 1. The Morgan fingerprint density at radius 1 is 1.46 bits per heavy atom. The van der Waals surface area contributed by atoms with E-state index in [9.17, 15) is 8.42 Å². The van der Waals surface area contributed by atoms with Crippen LogP contribution in [-0.2, 0) is 14.6 Å². The molecule has 0 aliphatic rings. The van der Waals surface area contributed by atoms with Crippen LogP contribution in [0.5, 0.6) is 0 Å². The van der Waals surface area contributed by atoms with Crippen LogP contribution in [0.2, 0.25) is 0 Å². The maximum atomic E-state index is 11.3. The van der Waals surface area contributed by atoms with Gasteiger partial charge in [0.1, 0.15) is 0 Å². The van der Waals surface area contributed by atoms with Gasteiger partial charge >= 0.3 is 0 Å². The van der Waals surface area contributed by atoms with Gasteiger partial charge in [-0.2, -0.15) is 0 Å². The van der Waals surface area contributed by atoms with Gasteiger partial charge in [0, 0.05) is 13.2 Å². The van der Waals surface area contributed by atoms with Gasteiger partial charge in [-0.15, -0.1) is 0 Å². The summed E-state index contributed by atoms with van der Waals surface area (Å²) in [5, 5.41) is 0. The molecular weight excluding hydrogens is 190 g/mol. The number of ether oxygens (including phenoxy) is 1. The number of nitrogens with two attached hydrogens (primary N) is 1. The summed E-state index contributed by atoms with van der Waals surface area (Å²) in [5.74, 6) is 0.144. The Balaban J connectivity index is 3.87. The van der Waals surface area contributed by atoms with E-state index in [1.165, 1.54) is 7.11 Å². The van der Waals surface area contributed by atoms with Crippen LogP contribution in [0.15, 0.2) is 0 Å². The molecule has 0 radical (unpaired) electrons. The van der Waals surface area contributed by atoms with Crippen molar-refractivity contribution < 1.29 is 13.2 Å². The van der Waals surface area contributed by atoms with Gasteiger partial charge in [0.05, 0.1) is 18.1 Å². The zero-order chi connectivity index (χ0) is 10.3. The molecule has 5 heteroatoms. The molecule has 13 heavy (non-hydrogen) atoms. The number of hydrogen-bond acceptors (Lipinski definition) is 4. The van der Waals surface area contributed by atoms with Gasteiger partial charge in [0.2, 0.25) is 0 Å². The highest BCUT2D eigenvalue weighted by molar-refractivity contribution is 7.91. The first kappa shape index (κ1) is 12.9. The van der Waals surface area contributed by atoms with Gasteiger partial charge in [-0.05, 0) is 6.42 Å². The summed E-state index contributed by atoms with van der Waals surface area (Å²) in [6.07, 6.45) is 1.67. The molecule has 0 spiro atoms. The van der Waals surface area contributed by atoms with Gasteiger partial charge < -0.3 is 10.5 Å². The molecule has 0 aromatic rings. The van der Waals surface area contributed by atoms with Crippen molar-refractivity contribution in [1.82, 2.24) is 0 Å². The molecule has 80 valence electrons. The zero-order valence-corrected chi connectivity index (χ0v) is 9.14. The highest BCUT2D eigenvalue weighted by Crippen LogP contribution is 1.99. The van der Waals surface area contributed by atoms with Gasteiger partial charge in [-0.3, -0.25) is 0 Å². The predicted molar refractivity (Wildman–Crippen MR) is 53.4 cm³/mol. The molecule has 4 nitrogen and oxygen atoms in total. The molecule has 1 unspecified atom stereocenters. The highest BCUT2D eigenvalue weighted by Gasteiger charge is 2.14. The summed E-state index contributed by atoms with van der Waals surface area (Å²) in [7, 11) is -1.53. The molecular formula is C8H19NO3S. The molecule has 0 saturated carbocycles. The molecule has 0 aromatic carbocycles. The van der Waals surface area contributed by atoms with Crippen LogP contribution in [0.4, 0.5) is 0 Å². The SMILES string of the molecule is CCCC(N)CS(=O)(=O)CCOC. The van der Waals surface area contributed by atoms with E-state index in [4.69, 9.17) is 10.5 Å². The molecule has 0 heterocycles. The second kappa shape index (κ2) is 6.34. The second-order valence-electron chi connectivity index (χ2n) is 3.16. The minimum absolute atomic E-state index is 0.0704. The molecule has 0 bridgehead atoms. The van der Waals surface area contributed by atoms with Crippen LogP contribution in [0.3, 0.4) is 0 Å². The molecule has 0 fully saturated rings. The smallest absolute Gasteiger partial charge is 0.154 e. The first-order chi connectivity index (χ1) is 6.02. The van der Waals surface area contributed by atoms with E-state index >= 15 is 0 Å². The molecule has 0 amide bonds. The Hall–Kier alpha value is -0.130. The minimum Gasteiger partial charge on any atom is -0.384 e. The van der Waals surface area contributed by atoms with Crippen molar-refractivity contribution in [1.29, 1.82) is 0 Å². The van der Waals surface area contributed by atoms with Gasteiger partial charge in [-0.25, -0.2) is 8.42 Å². The molecule has 0 aliphatic carbocycles. The van der Waals surface area contributed by atoms with Gasteiger partial charge in [-0.1, -0.05) is 13.3 Å². The standard InChI is InChI=1S/C8H19NO3S/c1-3-4-8(9)7-13(10,11)6-5-12-2/h8H,3-7,9H2,1-2H3. The van der Waals surface area contributed by atoms with E-state index in [0.29, 0.717) is 0 Å². The van der Waals surface area contributed by atoms with Gasteiger partial charge in [0.25, 0.3) is 0 Å². The number of rotatable bonds is 7. The zero-order valence-electron chi connectivity index (χ0n) is 8.32. The van der Waals surface area contributed by atoms with Gasteiger partial charge in [0.15, 0.2) is 9.84 Å². The molecule has 2 N–H and O–H groups in total. The summed E-state index contributed by atoms with van der Waals surface area (Å²) >= 11 is 0. The Bertz CT molecular complexity index is 213. The number of sulfone groups is 1. The summed E-state index contributed by atoms with van der Waals surface area (Å²) in [4.78, 5) is 0. The van der Waals surface area contributed by atoms with Crippen LogP contribution >= 0.6 is 0 Å². The summed E-state index contributed by atoms with van der Waals surface area (Å²) < 4.78 is 27.3. The Morgan fingerprint density at radius 3 is 2.54 bits per heavy atom. The van der Waals surface area contributed by atoms with Crippen molar-refractivity contribution in [3.63, 3.8) is 0 Å². The van der Waals surface area contributed by atoms with Crippen LogP contribution < -0.4 is 5.73 Å². The van der Waals surface area contributed by atoms with Crippen molar-refractivity contribution in [2.45, 2.75) is 25.8 Å². The highest BCUT2D eigenvalue weighted by atomic mass is 32.2. The van der Waals surface area contributed by atoms with E-state index in [0.717, 1.165) is 12.8 Å². The van der Waals surface area contributed by atoms with Crippen molar-refractivity contribution >= 4 is 9.84 Å². The summed E-state index contributed by atoms with van der Waals surface area (Å²) in [6, 6.07) is -0.230. The van der Waals surface area contributed by atoms with Crippen LogP contribution in [0.25, 0.3) is 0 Å². The van der Waals surface area contributed by atoms with Crippen molar-refractivity contribution in [2.75, 3.05) is 25.2 Å². The van der Waals surface area contributed by atoms with E-state index in [-0.39, 0.29) is 24.2 Å². The topological polar surface area (TPSA) is 69.4 Å². The van der Waals surface area contributed by atoms with E-state index in [1.807, 2.05) is 6.92 Å². The van der Waals surface area contributed by atoms with E-state index in [1.54, 1.807) is 0 Å². The quantitative estimate of drug-likeness (QED) is 0.649. The predicted octanol–water partition coefficient (Wildman–Crippen LogP) is 0.175. The molecule has 1 atom stereocenters. The van der Waals surface area contributed by atoms with E-state index < -0.39 is 9.84 Å². The van der Waals surface area contributed by atoms with Crippen molar-refractivity contribution in [3.05, 3.63) is 0 Å². The molecule has 0 aliphatic heterocycles. The van der Waals surface area contributed by atoms with Crippen LogP contribution in [0, 0.1) is 0 Å². The Kier molecular flexibility index (Phi) is 6.28. The fourth-order valence-electron chi connectivity index (χ4n) is 1.07. The summed E-state index contributed by atoms with van der Waals surface area (Å²) in [5.41, 5.74) is 5.62. The fraction of sp³-hybridized carbons (Fsp3) is 1.00. The lowest BCUT2D eigenvalue weighted by molar-refractivity contribution is 0.217. The second-order valence-corrected chi connectivity index (χ2v) is 5.38. The lowest BCUT2D eigenvalue weighted by Gasteiger charge is -2.10. The Labute approximate surface area is 80.4 Å². The summed E-state index contributed by atoms with van der Waals surface area (Å²) in [6.45, 7) is 2.24. The Morgan fingerprint density at radius 2 is 2.08 bits per heavy atom. The van der Waals surface area contributed by atoms with Crippen LogP contribution in [-0.4, -0.2) is 39.7 Å². The average Bonchev–Trinajstić information content (AvgIpc) is 2.00. The third-order valence-corrected chi connectivity index (χ3v) is 3.45. The maximum Gasteiger partial charge on any atom is 0.154 e. The third kappa shape index (κ3) is 6.98.